The first-order valence-electron chi connectivity index (χ1n) is 8.50. The van der Waals surface area contributed by atoms with Crippen LogP contribution in [0.15, 0.2) is 24.3 Å². The molecular weight excluding hydrogens is 358 g/mol. The second kappa shape index (κ2) is 8.41. The van der Waals surface area contributed by atoms with E-state index in [4.69, 9.17) is 0 Å². The number of hydrogen-bond donors (Lipinski definition) is 2. The third-order valence-corrected chi connectivity index (χ3v) is 5.58. The van der Waals surface area contributed by atoms with E-state index in [-0.39, 0.29) is 30.0 Å². The zero-order valence-electron chi connectivity index (χ0n) is 14.8. The van der Waals surface area contributed by atoms with E-state index in [0.29, 0.717) is 6.42 Å². The van der Waals surface area contributed by atoms with Crippen LogP contribution in [0.25, 0.3) is 0 Å². The number of rotatable bonds is 9. The van der Waals surface area contributed by atoms with E-state index >= 15 is 0 Å². The van der Waals surface area contributed by atoms with Crippen LogP contribution in [-0.4, -0.2) is 55.9 Å². The van der Waals surface area contributed by atoms with Gasteiger partial charge in [0.15, 0.2) is 0 Å². The highest BCUT2D eigenvalue weighted by Crippen LogP contribution is 2.24. The maximum atomic E-state index is 12.3. The summed E-state index contributed by atoms with van der Waals surface area (Å²) in [5.74, 6) is -1.49. The molecule has 0 bridgehead atoms. The van der Waals surface area contributed by atoms with Gasteiger partial charge >= 0.3 is 0 Å². The Labute approximate surface area is 153 Å². The Kier molecular flexibility index (Phi) is 6.49. The van der Waals surface area contributed by atoms with Crippen LogP contribution < -0.4 is 10.0 Å². The fourth-order valence-electron chi connectivity index (χ4n) is 2.62. The Balaban J connectivity index is 1.87. The van der Waals surface area contributed by atoms with E-state index in [1.807, 2.05) is 6.92 Å². The van der Waals surface area contributed by atoms with Crippen molar-refractivity contribution in [2.24, 2.45) is 0 Å². The zero-order chi connectivity index (χ0) is 19.3. The summed E-state index contributed by atoms with van der Waals surface area (Å²) in [6.07, 6.45) is 1.34. The van der Waals surface area contributed by atoms with Gasteiger partial charge in [-0.25, -0.2) is 13.1 Å². The minimum Gasteiger partial charge on any atom is -0.353 e. The van der Waals surface area contributed by atoms with Gasteiger partial charge in [-0.1, -0.05) is 25.5 Å². The maximum absolute atomic E-state index is 12.3. The fraction of sp³-hybridized carbons (Fsp3) is 0.471. The number of benzene rings is 1. The number of sulfonamides is 1. The smallest absolute Gasteiger partial charge is 0.262 e. The summed E-state index contributed by atoms with van der Waals surface area (Å²) in [4.78, 5) is 37.9. The average molecular weight is 381 g/mol. The van der Waals surface area contributed by atoms with Crippen molar-refractivity contribution < 1.29 is 22.8 Å². The Bertz CT molecular complexity index is 771. The number of carbonyl (C=O) groups excluding carboxylic acids is 3. The van der Waals surface area contributed by atoms with Gasteiger partial charge in [0.05, 0.1) is 16.9 Å². The lowest BCUT2D eigenvalue weighted by molar-refractivity contribution is -0.124. The van der Waals surface area contributed by atoms with E-state index in [1.54, 1.807) is 24.3 Å². The molecular formula is C17H23N3O5S. The van der Waals surface area contributed by atoms with Crippen molar-refractivity contribution in [2.45, 2.75) is 32.7 Å². The van der Waals surface area contributed by atoms with E-state index in [9.17, 15) is 22.8 Å². The van der Waals surface area contributed by atoms with Crippen LogP contribution in [0.1, 0.15) is 47.4 Å². The van der Waals surface area contributed by atoms with Crippen molar-refractivity contribution in [3.05, 3.63) is 35.4 Å². The number of unbranched alkanes of at least 4 members (excludes halogenated alkanes) is 1. The molecule has 0 spiro atoms. The first-order valence-corrected chi connectivity index (χ1v) is 10.2. The van der Waals surface area contributed by atoms with E-state index in [0.717, 1.165) is 11.3 Å². The average Bonchev–Trinajstić information content (AvgIpc) is 2.87. The molecule has 0 fully saturated rings. The fourth-order valence-corrected chi connectivity index (χ4v) is 3.85. The molecule has 2 N–H and O–H groups in total. The Morgan fingerprint density at radius 2 is 1.69 bits per heavy atom. The van der Waals surface area contributed by atoms with E-state index in [2.05, 4.69) is 10.0 Å². The highest BCUT2D eigenvalue weighted by molar-refractivity contribution is 7.89. The van der Waals surface area contributed by atoms with Crippen molar-refractivity contribution >= 4 is 27.7 Å². The molecule has 1 heterocycles. The molecule has 142 valence electrons. The second-order valence-electron chi connectivity index (χ2n) is 6.06. The molecule has 1 aliphatic rings. The highest BCUT2D eigenvalue weighted by atomic mass is 32.2. The number of hydrogen-bond acceptors (Lipinski definition) is 5. The SMILES string of the molecule is CCCCS(=O)(=O)NCCNC(=O)C(C)N1C(=O)c2ccccc2C1=O. The molecule has 1 aliphatic heterocycles. The minimum absolute atomic E-state index is 0.0445. The lowest BCUT2D eigenvalue weighted by Crippen LogP contribution is -2.49. The monoisotopic (exact) mass is 381 g/mol. The van der Waals surface area contributed by atoms with Gasteiger partial charge in [-0.05, 0) is 25.5 Å². The summed E-state index contributed by atoms with van der Waals surface area (Å²) in [5.41, 5.74) is 0.557. The summed E-state index contributed by atoms with van der Waals surface area (Å²) in [5, 5.41) is 2.54. The minimum atomic E-state index is -3.35. The van der Waals surface area contributed by atoms with E-state index in [1.165, 1.54) is 6.92 Å². The van der Waals surface area contributed by atoms with Gasteiger partial charge in [-0.2, -0.15) is 0 Å². The van der Waals surface area contributed by atoms with Crippen LogP contribution in [0.5, 0.6) is 0 Å². The van der Waals surface area contributed by atoms with Crippen LogP contribution in [0, 0.1) is 0 Å². The van der Waals surface area contributed by atoms with Gasteiger partial charge in [0, 0.05) is 13.1 Å². The molecule has 0 saturated carbocycles. The Morgan fingerprint density at radius 3 is 2.23 bits per heavy atom. The molecule has 9 heteroatoms. The molecule has 0 saturated heterocycles. The van der Waals surface area contributed by atoms with Crippen molar-refractivity contribution in [1.29, 1.82) is 0 Å². The third-order valence-electron chi connectivity index (χ3n) is 4.11. The van der Waals surface area contributed by atoms with Crippen LogP contribution in [0.2, 0.25) is 0 Å². The van der Waals surface area contributed by atoms with Gasteiger partial charge in [0.1, 0.15) is 6.04 Å². The van der Waals surface area contributed by atoms with Gasteiger partial charge in [-0.3, -0.25) is 19.3 Å². The predicted molar refractivity (Wildman–Crippen MR) is 96.1 cm³/mol. The molecule has 1 atom stereocenters. The number of nitrogens with zero attached hydrogens (tertiary/aromatic N) is 1. The third kappa shape index (κ3) is 4.47. The quantitative estimate of drug-likeness (QED) is 0.478. The van der Waals surface area contributed by atoms with Crippen molar-refractivity contribution in [2.75, 3.05) is 18.8 Å². The molecule has 0 radical (unpaired) electrons. The van der Waals surface area contributed by atoms with Crippen molar-refractivity contribution in [3.63, 3.8) is 0 Å². The summed E-state index contributed by atoms with van der Waals surface area (Å²) >= 11 is 0. The van der Waals surface area contributed by atoms with Gasteiger partial charge < -0.3 is 5.32 Å². The molecule has 3 amide bonds. The van der Waals surface area contributed by atoms with Crippen LogP contribution in [0.3, 0.4) is 0 Å². The molecule has 0 aliphatic carbocycles. The van der Waals surface area contributed by atoms with Gasteiger partial charge in [0.2, 0.25) is 15.9 Å². The normalized spacial score (nSPS) is 15.1. The first-order chi connectivity index (χ1) is 12.3. The molecule has 0 aromatic heterocycles. The molecule has 1 aromatic carbocycles. The summed E-state index contributed by atoms with van der Waals surface area (Å²) < 4.78 is 25.7. The molecule has 26 heavy (non-hydrogen) atoms. The van der Waals surface area contributed by atoms with Crippen molar-refractivity contribution in [3.8, 4) is 0 Å². The lowest BCUT2D eigenvalue weighted by atomic mass is 10.1. The zero-order valence-corrected chi connectivity index (χ0v) is 15.6. The number of amides is 3. The summed E-state index contributed by atoms with van der Waals surface area (Å²) in [7, 11) is -3.35. The predicted octanol–water partition coefficient (Wildman–Crippen LogP) is 0.507. The summed E-state index contributed by atoms with van der Waals surface area (Å²) in [6, 6.07) is 5.42. The summed E-state index contributed by atoms with van der Waals surface area (Å²) in [6.45, 7) is 3.48. The lowest BCUT2D eigenvalue weighted by Gasteiger charge is -2.21. The number of nitrogens with one attached hydrogen (secondary N) is 2. The topological polar surface area (TPSA) is 113 Å². The van der Waals surface area contributed by atoms with E-state index < -0.39 is 33.8 Å². The maximum Gasteiger partial charge on any atom is 0.262 e. The van der Waals surface area contributed by atoms with Gasteiger partial charge in [0.25, 0.3) is 11.8 Å². The molecule has 1 aromatic rings. The highest BCUT2D eigenvalue weighted by Gasteiger charge is 2.40. The van der Waals surface area contributed by atoms with Crippen molar-refractivity contribution in [1.82, 2.24) is 14.9 Å². The standard InChI is InChI=1S/C17H23N3O5S/c1-3-4-11-26(24,25)19-10-9-18-15(21)12(2)20-16(22)13-7-5-6-8-14(13)17(20)23/h5-8,12,19H,3-4,9-11H2,1-2H3,(H,18,21). The number of imide groups is 1. The Morgan fingerprint density at radius 1 is 1.12 bits per heavy atom. The molecule has 1 unspecified atom stereocenters. The second-order valence-corrected chi connectivity index (χ2v) is 7.99. The van der Waals surface area contributed by atoms with Gasteiger partial charge in [-0.15, -0.1) is 0 Å². The number of fused-ring (bicyclic) bond motifs is 1. The van der Waals surface area contributed by atoms with Crippen LogP contribution in [-0.2, 0) is 14.8 Å². The van der Waals surface area contributed by atoms with Crippen LogP contribution in [0.4, 0.5) is 0 Å². The van der Waals surface area contributed by atoms with Crippen LogP contribution >= 0.6 is 0 Å². The molecule has 8 nitrogen and oxygen atoms in total. The first kappa shape index (κ1) is 20.1. The molecule has 2 rings (SSSR count). The largest absolute Gasteiger partial charge is 0.353 e. The Hall–Kier alpha value is -2.26. The number of carbonyl (C=O) groups is 3.